The normalized spacial score (nSPS) is 29.8. The number of nitrogens with zero attached hydrogens (tertiary/aromatic N) is 2. The number of carbonyl (C=O) groups is 1. The number of nitrogens with one attached hydrogen (secondary N) is 1. The molecule has 2 fully saturated rings. The van der Waals surface area contributed by atoms with E-state index in [1.165, 1.54) is 0 Å². The monoisotopic (exact) mass is 329 g/mol. The minimum absolute atomic E-state index is 0.133. The van der Waals surface area contributed by atoms with Crippen molar-refractivity contribution in [3.05, 3.63) is 30.1 Å². The molecule has 0 spiro atoms. The fraction of sp³-hybridized carbons (Fsp3) is 0.556. The Morgan fingerprint density at radius 2 is 1.83 bits per heavy atom. The van der Waals surface area contributed by atoms with Crippen molar-refractivity contribution in [3.8, 4) is 0 Å². The van der Waals surface area contributed by atoms with Crippen LogP contribution in [0.25, 0.3) is 11.0 Å². The summed E-state index contributed by atoms with van der Waals surface area (Å²) in [5.41, 5.74) is 1.92. The molecular weight excluding hydrogens is 306 g/mol. The number of amides is 1. The van der Waals surface area contributed by atoms with Crippen LogP contribution in [-0.2, 0) is 11.2 Å². The average molecular weight is 329 g/mol. The number of aryl methyl sites for hydroxylation is 1. The van der Waals surface area contributed by atoms with Crippen molar-refractivity contribution in [2.45, 2.75) is 37.9 Å². The van der Waals surface area contributed by atoms with E-state index in [2.05, 4.69) is 9.97 Å². The van der Waals surface area contributed by atoms with Crippen LogP contribution in [0, 0.1) is 11.8 Å². The minimum Gasteiger partial charge on any atom is -0.390 e. The van der Waals surface area contributed by atoms with E-state index in [4.69, 9.17) is 0 Å². The largest absolute Gasteiger partial charge is 0.390 e. The first-order chi connectivity index (χ1) is 11.6. The summed E-state index contributed by atoms with van der Waals surface area (Å²) < 4.78 is 0. The molecule has 6 heteroatoms. The third-order valence-electron chi connectivity index (χ3n) is 5.48. The predicted molar refractivity (Wildman–Crippen MR) is 89.2 cm³/mol. The standard InChI is InChI=1S/C18H23N3O3/c22-15-7-11-9-21(10-12(11)8-16(15)23)18(24)6-5-17-19-13-3-1-2-4-14(13)20-17/h1-4,11-12,15-16,22-23H,5-10H2,(H,19,20)/t11-,12+,15-,16-/m0/s1. The van der Waals surface area contributed by atoms with Crippen molar-refractivity contribution in [2.75, 3.05) is 13.1 Å². The van der Waals surface area contributed by atoms with Gasteiger partial charge in [-0.25, -0.2) is 4.98 Å². The lowest BCUT2D eigenvalue weighted by Crippen LogP contribution is -2.38. The van der Waals surface area contributed by atoms with Gasteiger partial charge in [0, 0.05) is 25.9 Å². The molecule has 24 heavy (non-hydrogen) atoms. The van der Waals surface area contributed by atoms with Crippen LogP contribution < -0.4 is 0 Å². The summed E-state index contributed by atoms with van der Waals surface area (Å²) in [6, 6.07) is 7.85. The van der Waals surface area contributed by atoms with Gasteiger partial charge in [0.15, 0.2) is 0 Å². The van der Waals surface area contributed by atoms with Crippen molar-refractivity contribution in [3.63, 3.8) is 0 Å². The number of carbonyl (C=O) groups excluding carboxylic acids is 1. The van der Waals surface area contributed by atoms with Crippen LogP contribution in [-0.4, -0.2) is 56.3 Å². The number of rotatable bonds is 3. The van der Waals surface area contributed by atoms with Gasteiger partial charge in [0.1, 0.15) is 5.82 Å². The molecule has 1 aliphatic heterocycles. The van der Waals surface area contributed by atoms with Crippen LogP contribution in [0.2, 0.25) is 0 Å². The zero-order valence-electron chi connectivity index (χ0n) is 13.6. The number of aliphatic hydroxyl groups is 2. The molecule has 1 saturated carbocycles. The van der Waals surface area contributed by atoms with Crippen LogP contribution in [0.15, 0.2) is 24.3 Å². The van der Waals surface area contributed by atoms with Gasteiger partial charge in [0.25, 0.3) is 0 Å². The summed E-state index contributed by atoms with van der Waals surface area (Å²) >= 11 is 0. The number of aromatic amines is 1. The lowest BCUT2D eigenvalue weighted by Gasteiger charge is -2.31. The van der Waals surface area contributed by atoms with Crippen molar-refractivity contribution in [1.82, 2.24) is 14.9 Å². The quantitative estimate of drug-likeness (QED) is 0.786. The molecule has 1 saturated heterocycles. The zero-order chi connectivity index (χ0) is 16.7. The molecule has 6 nitrogen and oxygen atoms in total. The van der Waals surface area contributed by atoms with Gasteiger partial charge in [-0.1, -0.05) is 12.1 Å². The molecule has 4 rings (SSSR count). The third kappa shape index (κ3) is 2.91. The first kappa shape index (κ1) is 15.6. The van der Waals surface area contributed by atoms with Crippen LogP contribution in [0.4, 0.5) is 0 Å². The van der Waals surface area contributed by atoms with E-state index in [1.807, 2.05) is 29.2 Å². The van der Waals surface area contributed by atoms with E-state index in [9.17, 15) is 15.0 Å². The van der Waals surface area contributed by atoms with Crippen molar-refractivity contribution in [2.24, 2.45) is 11.8 Å². The molecule has 1 aromatic heterocycles. The number of benzene rings is 1. The smallest absolute Gasteiger partial charge is 0.223 e. The molecule has 0 unspecified atom stereocenters. The Hall–Kier alpha value is -1.92. The van der Waals surface area contributed by atoms with Gasteiger partial charge < -0.3 is 20.1 Å². The van der Waals surface area contributed by atoms with Gasteiger partial charge >= 0.3 is 0 Å². The third-order valence-corrected chi connectivity index (χ3v) is 5.48. The topological polar surface area (TPSA) is 89.5 Å². The fourth-order valence-electron chi connectivity index (χ4n) is 4.12. The van der Waals surface area contributed by atoms with Crippen molar-refractivity contribution in [1.29, 1.82) is 0 Å². The van der Waals surface area contributed by atoms with E-state index >= 15 is 0 Å². The molecule has 2 heterocycles. The summed E-state index contributed by atoms with van der Waals surface area (Å²) in [6.07, 6.45) is 0.946. The molecular formula is C18H23N3O3. The molecule has 2 aromatic rings. The predicted octanol–water partition coefficient (Wildman–Crippen LogP) is 1.09. The Bertz CT molecular complexity index is 693. The van der Waals surface area contributed by atoms with Gasteiger partial charge in [0.2, 0.25) is 5.91 Å². The summed E-state index contributed by atoms with van der Waals surface area (Å²) in [6.45, 7) is 1.40. The van der Waals surface area contributed by atoms with E-state index < -0.39 is 12.2 Å². The van der Waals surface area contributed by atoms with Gasteiger partial charge in [-0.15, -0.1) is 0 Å². The molecule has 3 N–H and O–H groups in total. The maximum Gasteiger partial charge on any atom is 0.223 e. The van der Waals surface area contributed by atoms with E-state index in [0.717, 1.165) is 16.9 Å². The number of hydrogen-bond donors (Lipinski definition) is 3. The first-order valence-electron chi connectivity index (χ1n) is 8.67. The SMILES string of the molecule is O=C(CCc1nc2ccccc2[nH]1)N1C[C@H]2C[C@H](O)[C@@H](O)C[C@H]2C1. The summed E-state index contributed by atoms with van der Waals surface area (Å²) in [5.74, 6) is 1.61. The van der Waals surface area contributed by atoms with E-state index in [0.29, 0.717) is 50.6 Å². The second-order valence-electron chi connectivity index (χ2n) is 7.13. The average Bonchev–Trinajstić information content (AvgIpc) is 3.16. The minimum atomic E-state index is -0.642. The Morgan fingerprint density at radius 1 is 1.17 bits per heavy atom. The van der Waals surface area contributed by atoms with Gasteiger partial charge in [-0.2, -0.15) is 0 Å². The van der Waals surface area contributed by atoms with E-state index in [-0.39, 0.29) is 5.91 Å². The summed E-state index contributed by atoms with van der Waals surface area (Å²) in [4.78, 5) is 22.2. The lowest BCUT2D eigenvalue weighted by atomic mass is 9.79. The molecule has 0 bridgehead atoms. The number of fused-ring (bicyclic) bond motifs is 2. The van der Waals surface area contributed by atoms with Gasteiger partial charge in [-0.3, -0.25) is 4.79 Å². The number of imidazole rings is 1. The van der Waals surface area contributed by atoms with Crippen molar-refractivity contribution >= 4 is 16.9 Å². The molecule has 1 aliphatic carbocycles. The highest BCUT2D eigenvalue weighted by Crippen LogP contribution is 2.36. The summed E-state index contributed by atoms with van der Waals surface area (Å²) in [5, 5.41) is 19.6. The van der Waals surface area contributed by atoms with Crippen LogP contribution in [0.1, 0.15) is 25.1 Å². The van der Waals surface area contributed by atoms with Crippen molar-refractivity contribution < 1.29 is 15.0 Å². The Labute approximate surface area is 140 Å². The highest BCUT2D eigenvalue weighted by atomic mass is 16.3. The molecule has 4 atom stereocenters. The second-order valence-corrected chi connectivity index (χ2v) is 7.13. The van der Waals surface area contributed by atoms with E-state index in [1.54, 1.807) is 0 Å². The number of H-pyrrole nitrogens is 1. The molecule has 128 valence electrons. The highest BCUT2D eigenvalue weighted by molar-refractivity contribution is 5.77. The Morgan fingerprint density at radius 3 is 2.50 bits per heavy atom. The lowest BCUT2D eigenvalue weighted by molar-refractivity contribution is -0.130. The van der Waals surface area contributed by atoms with Crippen LogP contribution >= 0.6 is 0 Å². The molecule has 1 aromatic carbocycles. The maximum atomic E-state index is 12.5. The Balaban J connectivity index is 1.35. The maximum absolute atomic E-state index is 12.5. The van der Waals surface area contributed by atoms with Crippen LogP contribution in [0.5, 0.6) is 0 Å². The Kier molecular flexibility index (Phi) is 4.02. The van der Waals surface area contributed by atoms with Gasteiger partial charge in [-0.05, 0) is 36.8 Å². The molecule has 0 radical (unpaired) electrons. The zero-order valence-corrected chi connectivity index (χ0v) is 13.6. The molecule has 2 aliphatic rings. The van der Waals surface area contributed by atoms with Crippen LogP contribution in [0.3, 0.4) is 0 Å². The number of aromatic nitrogens is 2. The number of para-hydroxylation sites is 2. The summed E-state index contributed by atoms with van der Waals surface area (Å²) in [7, 11) is 0. The first-order valence-corrected chi connectivity index (χ1v) is 8.67. The number of likely N-dealkylation sites (tertiary alicyclic amines) is 1. The number of aliphatic hydroxyl groups excluding tert-OH is 2. The van der Waals surface area contributed by atoms with Gasteiger partial charge in [0.05, 0.1) is 23.2 Å². The second kappa shape index (κ2) is 6.18. The molecule has 1 amide bonds. The fourth-order valence-corrected chi connectivity index (χ4v) is 4.12. The highest BCUT2D eigenvalue weighted by Gasteiger charge is 2.42. The number of hydrogen-bond acceptors (Lipinski definition) is 4.